The van der Waals surface area contributed by atoms with Gasteiger partial charge in [0.05, 0.1) is 25.2 Å². The zero-order chi connectivity index (χ0) is 23.3. The molecule has 2 aromatic carbocycles. The third kappa shape index (κ3) is 9.60. The van der Waals surface area contributed by atoms with Crippen molar-refractivity contribution in [3.05, 3.63) is 64.7 Å². The van der Waals surface area contributed by atoms with E-state index in [1.54, 1.807) is 6.21 Å². The molecular weight excluding hydrogens is 460 g/mol. The van der Waals surface area contributed by atoms with Gasteiger partial charge in [0.1, 0.15) is 29.7 Å². The number of thioether (sulfide) groups is 1. The molecule has 3 rings (SSSR count). The highest BCUT2D eigenvalue weighted by molar-refractivity contribution is 8.01. The van der Waals surface area contributed by atoms with Crippen molar-refractivity contribution in [2.75, 3.05) is 32.2 Å². The summed E-state index contributed by atoms with van der Waals surface area (Å²) in [5.74, 6) is 1.61. The number of carbonyl (C=O) groups excluding carboxylic acids is 1. The van der Waals surface area contributed by atoms with Crippen LogP contribution in [0.2, 0.25) is 0 Å². The van der Waals surface area contributed by atoms with Crippen LogP contribution in [-0.4, -0.2) is 54.5 Å². The third-order valence-corrected chi connectivity index (χ3v) is 6.10. The van der Waals surface area contributed by atoms with E-state index in [1.165, 1.54) is 28.7 Å². The molecule has 3 aromatic rings. The number of hydrazone groups is 1. The molecule has 0 spiro atoms. The molecule has 0 bridgehead atoms. The van der Waals surface area contributed by atoms with E-state index in [2.05, 4.69) is 20.7 Å². The van der Waals surface area contributed by atoms with Crippen LogP contribution in [0.4, 0.5) is 0 Å². The van der Waals surface area contributed by atoms with Gasteiger partial charge in [-0.1, -0.05) is 40.8 Å². The third-order valence-electron chi connectivity index (χ3n) is 4.13. The molecule has 0 unspecified atom stereocenters. The van der Waals surface area contributed by atoms with Gasteiger partial charge in [0.15, 0.2) is 4.34 Å². The fourth-order valence-electron chi connectivity index (χ4n) is 2.50. The highest BCUT2D eigenvalue weighted by atomic mass is 32.2. The molecule has 8 nitrogen and oxygen atoms in total. The maximum absolute atomic E-state index is 11.8. The zero-order valence-corrected chi connectivity index (χ0v) is 20.2. The highest BCUT2D eigenvalue weighted by Crippen LogP contribution is 2.21. The van der Waals surface area contributed by atoms with Crippen LogP contribution >= 0.6 is 23.1 Å². The van der Waals surface area contributed by atoms with Gasteiger partial charge in [-0.25, -0.2) is 5.43 Å². The van der Waals surface area contributed by atoms with Gasteiger partial charge in [-0.2, -0.15) is 5.10 Å². The van der Waals surface area contributed by atoms with Gasteiger partial charge in [0, 0.05) is 0 Å². The largest absolute Gasteiger partial charge is 0.491 e. The van der Waals surface area contributed by atoms with E-state index in [-0.39, 0.29) is 11.7 Å². The first kappa shape index (κ1) is 24.7. The molecule has 0 fully saturated rings. The minimum absolute atomic E-state index is 0.201. The highest BCUT2D eigenvalue weighted by Gasteiger charge is 2.05. The predicted octanol–water partition coefficient (Wildman–Crippen LogP) is 3.87. The Balaban J connectivity index is 1.25. The predicted molar refractivity (Wildman–Crippen MR) is 131 cm³/mol. The Kier molecular flexibility index (Phi) is 10.1. The van der Waals surface area contributed by atoms with Gasteiger partial charge in [0.25, 0.3) is 5.91 Å². The number of benzene rings is 2. The summed E-state index contributed by atoms with van der Waals surface area (Å²) in [5, 5.41) is 12.7. The normalized spacial score (nSPS) is 11.0. The van der Waals surface area contributed by atoms with Crippen molar-refractivity contribution >= 4 is 35.2 Å². The second-order valence-electron chi connectivity index (χ2n) is 6.86. The first-order valence-corrected chi connectivity index (χ1v) is 12.1. The Morgan fingerprint density at radius 3 is 2.21 bits per heavy atom. The molecular formula is C23H26N4O4S2. The number of aryl methyl sites for hydroxylation is 2. The van der Waals surface area contributed by atoms with E-state index in [0.717, 1.165) is 26.4 Å². The topological polar surface area (TPSA) is 94.9 Å². The number of carbonyl (C=O) groups is 1. The lowest BCUT2D eigenvalue weighted by molar-refractivity contribution is -0.118. The first-order chi connectivity index (χ1) is 16.1. The van der Waals surface area contributed by atoms with Crippen molar-refractivity contribution in [2.45, 2.75) is 18.2 Å². The number of aromatic nitrogens is 2. The Morgan fingerprint density at radius 1 is 0.970 bits per heavy atom. The molecule has 0 aliphatic carbocycles. The molecule has 0 radical (unpaired) electrons. The van der Waals surface area contributed by atoms with Crippen LogP contribution in [0.5, 0.6) is 11.5 Å². The molecule has 0 aliphatic heterocycles. The van der Waals surface area contributed by atoms with Gasteiger partial charge in [-0.15, -0.1) is 10.2 Å². The lowest BCUT2D eigenvalue weighted by Crippen LogP contribution is -2.19. The van der Waals surface area contributed by atoms with Crippen molar-refractivity contribution < 1.29 is 19.0 Å². The minimum Gasteiger partial charge on any atom is -0.491 e. The molecule has 1 amide bonds. The summed E-state index contributed by atoms with van der Waals surface area (Å²) >= 11 is 2.79. The number of hydrogen-bond donors (Lipinski definition) is 1. The SMILES string of the molecule is Cc1ccc(OCCOCCOc2ccc(C=NNC(=O)CSc3nnc(C)s3)cc2)cc1. The molecule has 1 aromatic heterocycles. The molecule has 0 aliphatic rings. The van der Waals surface area contributed by atoms with Gasteiger partial charge >= 0.3 is 0 Å². The second-order valence-corrected chi connectivity index (χ2v) is 9.26. The maximum atomic E-state index is 11.8. The summed E-state index contributed by atoms with van der Waals surface area (Å²) in [5.41, 5.74) is 4.55. The smallest absolute Gasteiger partial charge is 0.250 e. The van der Waals surface area contributed by atoms with Crippen LogP contribution in [0, 0.1) is 13.8 Å². The molecule has 174 valence electrons. The monoisotopic (exact) mass is 486 g/mol. The Morgan fingerprint density at radius 2 is 1.61 bits per heavy atom. The number of ether oxygens (including phenoxy) is 3. The lowest BCUT2D eigenvalue weighted by atomic mass is 10.2. The van der Waals surface area contributed by atoms with Crippen molar-refractivity contribution in [1.82, 2.24) is 15.6 Å². The molecule has 1 heterocycles. The van der Waals surface area contributed by atoms with E-state index < -0.39 is 0 Å². The van der Waals surface area contributed by atoms with E-state index in [4.69, 9.17) is 14.2 Å². The summed E-state index contributed by atoms with van der Waals surface area (Å²) in [6.07, 6.45) is 1.58. The van der Waals surface area contributed by atoms with Gasteiger partial charge in [-0.05, 0) is 55.8 Å². The zero-order valence-electron chi connectivity index (χ0n) is 18.5. The maximum Gasteiger partial charge on any atom is 0.250 e. The van der Waals surface area contributed by atoms with Crippen LogP contribution in [0.15, 0.2) is 58.0 Å². The summed E-state index contributed by atoms with van der Waals surface area (Å²) in [6.45, 7) is 5.83. The summed E-state index contributed by atoms with van der Waals surface area (Å²) < 4.78 is 17.6. The van der Waals surface area contributed by atoms with E-state index in [1.807, 2.05) is 62.4 Å². The van der Waals surface area contributed by atoms with Crippen LogP contribution in [0.25, 0.3) is 0 Å². The molecule has 33 heavy (non-hydrogen) atoms. The standard InChI is InChI=1S/C23H26N4O4S2/c1-17-3-7-20(8-4-17)30-13-11-29-12-14-31-21-9-5-19(6-10-21)15-24-26-22(28)16-32-23-27-25-18(2)33-23/h3-10,15H,11-14,16H2,1-2H3,(H,26,28). The second kappa shape index (κ2) is 13.6. The van der Waals surface area contributed by atoms with Crippen molar-refractivity contribution in [2.24, 2.45) is 5.10 Å². The fourth-order valence-corrected chi connectivity index (χ4v) is 4.11. The summed E-state index contributed by atoms with van der Waals surface area (Å²) in [6, 6.07) is 15.3. The summed E-state index contributed by atoms with van der Waals surface area (Å²) in [7, 11) is 0. The quantitative estimate of drug-likeness (QED) is 0.170. The Labute approximate surface area is 201 Å². The van der Waals surface area contributed by atoms with Crippen LogP contribution in [0.3, 0.4) is 0 Å². The fraction of sp³-hybridized carbons (Fsp3) is 0.304. The number of nitrogens with zero attached hydrogens (tertiary/aromatic N) is 3. The van der Waals surface area contributed by atoms with E-state index in [9.17, 15) is 4.79 Å². The van der Waals surface area contributed by atoms with Crippen LogP contribution in [-0.2, 0) is 9.53 Å². The number of nitrogens with one attached hydrogen (secondary N) is 1. The first-order valence-electron chi connectivity index (χ1n) is 10.3. The van der Waals surface area contributed by atoms with Gasteiger partial charge in [0.2, 0.25) is 0 Å². The number of rotatable bonds is 13. The molecule has 1 N–H and O–H groups in total. The van der Waals surface area contributed by atoms with Crippen molar-refractivity contribution in [1.29, 1.82) is 0 Å². The Bertz CT molecular complexity index is 1020. The van der Waals surface area contributed by atoms with Crippen LogP contribution in [0.1, 0.15) is 16.1 Å². The molecule has 0 saturated carbocycles. The van der Waals surface area contributed by atoms with Crippen LogP contribution < -0.4 is 14.9 Å². The lowest BCUT2D eigenvalue weighted by Gasteiger charge is -2.09. The Hall–Kier alpha value is -2.95. The minimum atomic E-state index is -0.201. The van der Waals surface area contributed by atoms with Crippen molar-refractivity contribution in [3.8, 4) is 11.5 Å². The van der Waals surface area contributed by atoms with E-state index in [0.29, 0.717) is 26.4 Å². The summed E-state index contributed by atoms with van der Waals surface area (Å²) in [4.78, 5) is 11.8. The number of hydrogen-bond acceptors (Lipinski definition) is 9. The van der Waals surface area contributed by atoms with E-state index >= 15 is 0 Å². The average molecular weight is 487 g/mol. The molecule has 0 saturated heterocycles. The molecule has 10 heteroatoms. The molecule has 0 atom stereocenters. The van der Waals surface area contributed by atoms with Gasteiger partial charge < -0.3 is 14.2 Å². The van der Waals surface area contributed by atoms with Crippen molar-refractivity contribution in [3.63, 3.8) is 0 Å². The average Bonchev–Trinajstić information content (AvgIpc) is 3.24. The number of amides is 1. The van der Waals surface area contributed by atoms with Gasteiger partial charge in [-0.3, -0.25) is 4.79 Å².